The third kappa shape index (κ3) is 9.87. The van der Waals surface area contributed by atoms with Crippen molar-refractivity contribution in [1.82, 2.24) is 15.0 Å². The van der Waals surface area contributed by atoms with Gasteiger partial charge < -0.3 is 23.7 Å². The second-order valence-electron chi connectivity index (χ2n) is 7.53. The molecule has 0 aliphatic heterocycles. The number of carbonyl (C=O) groups is 1. The molecule has 1 amide bonds. The van der Waals surface area contributed by atoms with Gasteiger partial charge in [-0.3, -0.25) is 0 Å². The Morgan fingerprint density at radius 3 is 2.46 bits per heavy atom. The number of aromatic nitrogens is 1. The summed E-state index contributed by atoms with van der Waals surface area (Å²) in [6, 6.07) is 4.70. The number of alkyl halides is 3. The van der Waals surface area contributed by atoms with Crippen LogP contribution in [0, 0.1) is 0 Å². The number of benzene rings is 1. The van der Waals surface area contributed by atoms with E-state index in [-0.39, 0.29) is 31.4 Å². The molecule has 0 radical (unpaired) electrons. The van der Waals surface area contributed by atoms with Gasteiger partial charge in [0, 0.05) is 37.5 Å². The van der Waals surface area contributed by atoms with Gasteiger partial charge in [0.25, 0.3) is 0 Å². The lowest BCUT2D eigenvalue weighted by Crippen LogP contribution is -2.38. The SMILES string of the molecule is CCC(CC)NS(=O)(=O)OC(=O)NCc1ccc(OCCOC)cc1Oc1ncc(C(F)(F)F)cc1Cl. The van der Waals surface area contributed by atoms with Gasteiger partial charge in [0.15, 0.2) is 0 Å². The van der Waals surface area contributed by atoms with Crippen molar-refractivity contribution in [1.29, 1.82) is 0 Å². The molecule has 2 rings (SSSR count). The van der Waals surface area contributed by atoms with E-state index in [0.29, 0.717) is 36.4 Å². The van der Waals surface area contributed by atoms with Crippen LogP contribution in [0.15, 0.2) is 30.5 Å². The molecule has 206 valence electrons. The monoisotopic (exact) mass is 569 g/mol. The molecule has 0 unspecified atom stereocenters. The number of pyridine rings is 1. The lowest BCUT2D eigenvalue weighted by Gasteiger charge is -2.16. The van der Waals surface area contributed by atoms with Crippen LogP contribution in [0.1, 0.15) is 37.8 Å². The van der Waals surface area contributed by atoms with Gasteiger partial charge in [0.05, 0.1) is 12.2 Å². The van der Waals surface area contributed by atoms with E-state index in [0.717, 1.165) is 0 Å². The Hall–Kier alpha value is -2.81. The molecule has 1 aromatic carbocycles. The number of halogens is 4. The number of ether oxygens (including phenoxy) is 3. The molecule has 0 aliphatic carbocycles. The van der Waals surface area contributed by atoms with Crippen LogP contribution < -0.4 is 19.5 Å². The number of methoxy groups -OCH3 is 1. The summed E-state index contributed by atoms with van der Waals surface area (Å²) in [7, 11) is -2.86. The molecule has 2 aromatic rings. The Balaban J connectivity index is 2.21. The first-order chi connectivity index (χ1) is 17.4. The molecular formula is C22H27ClF3N3O7S. The van der Waals surface area contributed by atoms with E-state index < -0.39 is 39.2 Å². The van der Waals surface area contributed by atoms with Gasteiger partial charge in [0.1, 0.15) is 23.1 Å². The molecule has 0 saturated heterocycles. The van der Waals surface area contributed by atoms with Crippen molar-refractivity contribution >= 4 is 28.0 Å². The van der Waals surface area contributed by atoms with Crippen molar-refractivity contribution in [2.24, 2.45) is 0 Å². The minimum Gasteiger partial charge on any atom is -0.491 e. The zero-order chi connectivity index (χ0) is 27.6. The van der Waals surface area contributed by atoms with Gasteiger partial charge >= 0.3 is 22.6 Å². The Bertz CT molecular complexity index is 1160. The number of rotatable bonds is 13. The molecule has 1 heterocycles. The maximum atomic E-state index is 12.9. The van der Waals surface area contributed by atoms with Crippen molar-refractivity contribution < 1.29 is 44.8 Å². The fraction of sp³-hybridized carbons (Fsp3) is 0.455. The number of hydrogen-bond acceptors (Lipinski definition) is 8. The Kier molecular flexibility index (Phi) is 11.2. The van der Waals surface area contributed by atoms with E-state index in [4.69, 9.17) is 25.8 Å². The molecule has 0 bridgehead atoms. The van der Waals surface area contributed by atoms with Crippen LogP contribution in [0.3, 0.4) is 0 Å². The molecular weight excluding hydrogens is 543 g/mol. The van der Waals surface area contributed by atoms with Crippen molar-refractivity contribution in [2.45, 2.75) is 45.5 Å². The second-order valence-corrected chi connectivity index (χ2v) is 9.25. The molecule has 15 heteroatoms. The van der Waals surface area contributed by atoms with Crippen molar-refractivity contribution in [3.8, 4) is 17.4 Å². The average Bonchev–Trinajstić information content (AvgIpc) is 2.82. The average molecular weight is 570 g/mol. The highest BCUT2D eigenvalue weighted by atomic mass is 35.5. The quantitative estimate of drug-likeness (QED) is 0.329. The summed E-state index contributed by atoms with van der Waals surface area (Å²) in [5.74, 6) is 0.0187. The zero-order valence-electron chi connectivity index (χ0n) is 20.2. The zero-order valence-corrected chi connectivity index (χ0v) is 21.8. The Morgan fingerprint density at radius 1 is 1.16 bits per heavy atom. The molecule has 0 fully saturated rings. The molecule has 0 saturated carbocycles. The summed E-state index contributed by atoms with van der Waals surface area (Å²) in [6.07, 6.45) is -4.34. The summed E-state index contributed by atoms with van der Waals surface area (Å²) in [6.45, 7) is 3.76. The summed E-state index contributed by atoms with van der Waals surface area (Å²) < 4.78 is 85.7. The van der Waals surface area contributed by atoms with E-state index in [2.05, 4.69) is 19.2 Å². The van der Waals surface area contributed by atoms with Crippen LogP contribution in [0.25, 0.3) is 0 Å². The standard InChI is InChI=1S/C22H27ClF3N3O7S/c1-4-16(5-2)29-37(31,32)36-21(30)28-12-14-6-7-17(34-9-8-33-3)11-19(14)35-20-18(23)10-15(13-27-20)22(24,25)26/h6-7,10-11,13,16,29H,4-5,8-9,12H2,1-3H3,(H,28,30). The van der Waals surface area contributed by atoms with E-state index in [9.17, 15) is 26.4 Å². The number of hydrogen-bond donors (Lipinski definition) is 2. The Labute approximate surface area is 217 Å². The van der Waals surface area contributed by atoms with Gasteiger partial charge in [-0.05, 0) is 31.0 Å². The smallest absolute Gasteiger partial charge is 0.423 e. The second kappa shape index (κ2) is 13.7. The number of carbonyl (C=O) groups excluding carboxylic acids is 1. The lowest BCUT2D eigenvalue weighted by atomic mass is 10.2. The van der Waals surface area contributed by atoms with E-state index in [1.165, 1.54) is 25.3 Å². The van der Waals surface area contributed by atoms with Crippen LogP contribution in [0.2, 0.25) is 5.02 Å². The highest BCUT2D eigenvalue weighted by Gasteiger charge is 2.32. The van der Waals surface area contributed by atoms with Crippen LogP contribution in [-0.4, -0.2) is 45.9 Å². The van der Waals surface area contributed by atoms with E-state index in [1.54, 1.807) is 13.8 Å². The molecule has 10 nitrogen and oxygen atoms in total. The summed E-state index contributed by atoms with van der Waals surface area (Å²) in [5, 5.41) is 1.88. The molecule has 0 aliphatic rings. The Morgan fingerprint density at radius 2 is 1.86 bits per heavy atom. The van der Waals surface area contributed by atoms with Gasteiger partial charge in [0.2, 0.25) is 5.88 Å². The minimum absolute atomic E-state index is 0.0300. The highest BCUT2D eigenvalue weighted by molar-refractivity contribution is 7.85. The van der Waals surface area contributed by atoms with Crippen LogP contribution >= 0.6 is 11.6 Å². The largest absolute Gasteiger partial charge is 0.491 e. The fourth-order valence-corrected chi connectivity index (χ4v) is 4.10. The van der Waals surface area contributed by atoms with Gasteiger partial charge in [-0.25, -0.2) is 9.78 Å². The van der Waals surface area contributed by atoms with Gasteiger partial charge in [-0.2, -0.15) is 26.3 Å². The molecule has 1 aromatic heterocycles. The maximum Gasteiger partial charge on any atom is 0.423 e. The predicted molar refractivity (Wildman–Crippen MR) is 128 cm³/mol. The number of nitrogens with one attached hydrogen (secondary N) is 2. The van der Waals surface area contributed by atoms with Crippen LogP contribution in [0.5, 0.6) is 17.4 Å². The van der Waals surface area contributed by atoms with Gasteiger partial charge in [-0.15, -0.1) is 0 Å². The third-order valence-electron chi connectivity index (χ3n) is 4.84. The first-order valence-electron chi connectivity index (χ1n) is 11.0. The van der Waals surface area contributed by atoms with E-state index >= 15 is 0 Å². The first kappa shape index (κ1) is 30.4. The number of nitrogens with zero attached hydrogens (tertiary/aromatic N) is 1. The topological polar surface area (TPSA) is 125 Å². The van der Waals surface area contributed by atoms with Crippen LogP contribution in [0.4, 0.5) is 18.0 Å². The molecule has 0 spiro atoms. The number of amides is 1. The van der Waals surface area contributed by atoms with Gasteiger partial charge in [-0.1, -0.05) is 25.4 Å². The molecule has 2 N–H and O–H groups in total. The first-order valence-corrected chi connectivity index (χ1v) is 12.8. The highest BCUT2D eigenvalue weighted by Crippen LogP contribution is 2.36. The van der Waals surface area contributed by atoms with Crippen molar-refractivity contribution in [3.05, 3.63) is 46.6 Å². The van der Waals surface area contributed by atoms with E-state index in [1.807, 2.05) is 0 Å². The van der Waals surface area contributed by atoms with Crippen molar-refractivity contribution in [2.75, 3.05) is 20.3 Å². The van der Waals surface area contributed by atoms with Crippen molar-refractivity contribution in [3.63, 3.8) is 0 Å². The minimum atomic E-state index is -4.65. The normalized spacial score (nSPS) is 11.9. The molecule has 0 atom stereocenters. The summed E-state index contributed by atoms with van der Waals surface area (Å²) >= 11 is 5.95. The third-order valence-corrected chi connectivity index (χ3v) is 6.10. The molecule has 37 heavy (non-hydrogen) atoms. The summed E-state index contributed by atoms with van der Waals surface area (Å²) in [4.78, 5) is 15.8. The summed E-state index contributed by atoms with van der Waals surface area (Å²) in [5.41, 5.74) is -0.770. The fourth-order valence-electron chi connectivity index (χ4n) is 2.85. The van der Waals surface area contributed by atoms with Crippen LogP contribution in [-0.2, 0) is 31.9 Å². The predicted octanol–water partition coefficient (Wildman–Crippen LogP) is 4.82. The lowest BCUT2D eigenvalue weighted by molar-refractivity contribution is -0.137. The maximum absolute atomic E-state index is 12.9.